The molecule has 1 N–H and O–H groups in total. The fourth-order valence-electron chi connectivity index (χ4n) is 7.74. The van der Waals surface area contributed by atoms with Gasteiger partial charge in [-0.15, -0.1) is 0 Å². The second kappa shape index (κ2) is 15.4. The van der Waals surface area contributed by atoms with Crippen molar-refractivity contribution in [2.24, 2.45) is 11.3 Å². The van der Waals surface area contributed by atoms with Crippen LogP contribution in [0.15, 0.2) is 36.4 Å². The number of alkyl halides is 3. The van der Waals surface area contributed by atoms with Crippen molar-refractivity contribution in [1.82, 2.24) is 9.47 Å². The number of carboxylic acid groups (broad SMARTS) is 1. The lowest BCUT2D eigenvalue weighted by atomic mass is 9.76. The van der Waals surface area contributed by atoms with Crippen molar-refractivity contribution in [2.75, 3.05) is 33.2 Å². The normalized spacial score (nSPS) is 21.5. The minimum Gasteiger partial charge on any atom is -0.484 e. The Bertz CT molecular complexity index is 1300. The maximum Gasteiger partial charge on any atom is 0.389 e. The molecule has 4 rings (SSSR count). The van der Waals surface area contributed by atoms with E-state index < -0.39 is 27.1 Å². The average Bonchev–Trinajstić information content (AvgIpc) is 3.31. The van der Waals surface area contributed by atoms with Crippen LogP contribution < -0.4 is 5.19 Å². The van der Waals surface area contributed by atoms with E-state index in [9.17, 15) is 23.1 Å². The molecule has 249 valence electrons. The van der Waals surface area contributed by atoms with Crippen molar-refractivity contribution >= 4 is 31.3 Å². The minimum atomic E-state index is -4.11. The first-order valence-corrected chi connectivity index (χ1v) is 18.4. The molecule has 1 aliphatic heterocycles. The minimum absolute atomic E-state index is 0.0841. The van der Waals surface area contributed by atoms with Gasteiger partial charge in [0.2, 0.25) is 0 Å². The van der Waals surface area contributed by atoms with Crippen LogP contribution in [0, 0.1) is 25.2 Å². The summed E-state index contributed by atoms with van der Waals surface area (Å²) in [6.45, 7) is 12.7. The molecular weight excluding hydrogens is 613 g/mol. The molecule has 9 heteroatoms. The van der Waals surface area contributed by atoms with Crippen LogP contribution in [-0.2, 0) is 0 Å². The third kappa shape index (κ3) is 10.1. The summed E-state index contributed by atoms with van der Waals surface area (Å²) in [7, 11) is -0.183. The Kier molecular flexibility index (Phi) is 12.3. The van der Waals surface area contributed by atoms with Gasteiger partial charge in [-0.25, -0.2) is 0 Å². The van der Waals surface area contributed by atoms with E-state index in [4.69, 9.17) is 11.6 Å². The van der Waals surface area contributed by atoms with Crippen molar-refractivity contribution in [1.29, 1.82) is 0 Å². The summed E-state index contributed by atoms with van der Waals surface area (Å²) >= 11 is 6.47. The van der Waals surface area contributed by atoms with E-state index in [0.717, 1.165) is 79.5 Å². The highest BCUT2D eigenvalue weighted by atomic mass is 35.5. The van der Waals surface area contributed by atoms with Crippen molar-refractivity contribution in [2.45, 2.75) is 103 Å². The molecule has 2 aliphatic rings. The molecule has 1 heterocycles. The highest BCUT2D eigenvalue weighted by molar-refractivity contribution is 6.96. The van der Waals surface area contributed by atoms with E-state index >= 15 is 0 Å². The van der Waals surface area contributed by atoms with Gasteiger partial charge in [-0.1, -0.05) is 49.7 Å². The molecule has 4 nitrogen and oxygen atoms in total. The lowest BCUT2D eigenvalue weighted by Crippen LogP contribution is -2.54. The van der Waals surface area contributed by atoms with Crippen LogP contribution in [0.2, 0.25) is 5.02 Å². The van der Waals surface area contributed by atoms with Crippen LogP contribution in [0.3, 0.4) is 0 Å². The molecule has 45 heavy (non-hydrogen) atoms. The molecule has 0 aromatic heterocycles. The summed E-state index contributed by atoms with van der Waals surface area (Å²) in [5.74, 6) is 0.527. The SMILES string of the molecule is Cc1ccc(Cl)cc1[C@@H](CCN1CCC(C)(C)C1)CCN(C)[Si](C(=O)O)c1cccc(C)c1C1CCC(CCC(F)(F)F)CC1. The molecule has 2 fully saturated rings. The summed E-state index contributed by atoms with van der Waals surface area (Å²) < 4.78 is 40.5. The van der Waals surface area contributed by atoms with Crippen molar-refractivity contribution in [3.8, 4) is 0 Å². The van der Waals surface area contributed by atoms with E-state index in [0.29, 0.717) is 12.0 Å². The fraction of sp³-hybridized carbons (Fsp3) is 0.639. The highest BCUT2D eigenvalue weighted by Crippen LogP contribution is 2.40. The molecule has 2 aromatic rings. The van der Waals surface area contributed by atoms with Crippen LogP contribution in [0.4, 0.5) is 18.0 Å². The van der Waals surface area contributed by atoms with Crippen LogP contribution >= 0.6 is 11.6 Å². The smallest absolute Gasteiger partial charge is 0.389 e. The predicted octanol–water partition coefficient (Wildman–Crippen LogP) is 9.26. The topological polar surface area (TPSA) is 43.8 Å². The van der Waals surface area contributed by atoms with Crippen molar-refractivity contribution in [3.63, 3.8) is 0 Å². The number of hydrogen-bond acceptors (Lipinski definition) is 3. The lowest BCUT2D eigenvalue weighted by Gasteiger charge is -2.33. The molecule has 0 bridgehead atoms. The van der Waals surface area contributed by atoms with E-state index in [1.807, 2.05) is 38.2 Å². The van der Waals surface area contributed by atoms with Crippen LogP contribution in [0.5, 0.6) is 0 Å². The van der Waals surface area contributed by atoms with Crippen molar-refractivity contribution < 1.29 is 23.1 Å². The second-order valence-corrected chi connectivity index (χ2v) is 17.3. The number of halogens is 4. The number of likely N-dealkylation sites (tertiary alicyclic amines) is 1. The standard InChI is InChI=1S/C36H51ClF3N2O2Si/c1-25-9-14-30(37)23-31(25)28(17-21-42-22-19-35(3,4)24-42)16-20-41(5)45(34(43)44)32-8-6-7-26(2)33(32)29-12-10-27(11-13-29)15-18-36(38,39)40/h6-9,14,23,27-29H,10-13,15-22,24H2,1-5H3,(H,43,44)/t27?,28-,29?/m1/s1. The summed E-state index contributed by atoms with van der Waals surface area (Å²) in [5, 5.41) is 12.3. The number of nitrogens with zero attached hydrogens (tertiary/aromatic N) is 2. The van der Waals surface area contributed by atoms with Gasteiger partial charge in [-0.05, 0) is 155 Å². The molecule has 1 atom stereocenters. The van der Waals surface area contributed by atoms with Gasteiger partial charge < -0.3 is 14.6 Å². The maximum absolute atomic E-state index is 13.0. The van der Waals surface area contributed by atoms with Gasteiger partial charge in [0.15, 0.2) is 0 Å². The van der Waals surface area contributed by atoms with Gasteiger partial charge in [0.25, 0.3) is 5.59 Å². The van der Waals surface area contributed by atoms with Crippen LogP contribution in [-0.4, -0.2) is 68.5 Å². The van der Waals surface area contributed by atoms with Crippen LogP contribution in [0.25, 0.3) is 0 Å². The average molecular weight is 664 g/mol. The quantitative estimate of drug-likeness (QED) is 0.217. The summed E-state index contributed by atoms with van der Waals surface area (Å²) in [6, 6.07) is 12.1. The van der Waals surface area contributed by atoms with E-state index in [1.54, 1.807) is 0 Å². The Balaban J connectivity index is 1.50. The zero-order chi connectivity index (χ0) is 32.9. The third-order valence-corrected chi connectivity index (χ3v) is 12.9. The van der Waals surface area contributed by atoms with E-state index in [1.165, 1.54) is 17.5 Å². The van der Waals surface area contributed by atoms with Gasteiger partial charge in [-0.3, -0.25) is 4.79 Å². The van der Waals surface area contributed by atoms with Gasteiger partial charge in [0.05, 0.1) is 0 Å². The number of hydrogen-bond donors (Lipinski definition) is 1. The van der Waals surface area contributed by atoms with Crippen molar-refractivity contribution in [3.05, 3.63) is 63.7 Å². The summed E-state index contributed by atoms with van der Waals surface area (Å²) in [5.41, 5.74) is 4.23. The first kappa shape index (κ1) is 36.0. The molecule has 2 aromatic carbocycles. The predicted molar refractivity (Wildman–Crippen MR) is 180 cm³/mol. The van der Waals surface area contributed by atoms with E-state index in [-0.39, 0.29) is 24.2 Å². The van der Waals surface area contributed by atoms with Gasteiger partial charge in [0, 0.05) is 18.0 Å². The summed E-state index contributed by atoms with van der Waals surface area (Å²) in [6.07, 6.45) is 1.52. The summed E-state index contributed by atoms with van der Waals surface area (Å²) in [4.78, 5) is 15.5. The zero-order valence-electron chi connectivity index (χ0n) is 27.7. The fourth-order valence-corrected chi connectivity index (χ4v) is 10.2. The van der Waals surface area contributed by atoms with Gasteiger partial charge in [-0.2, -0.15) is 13.2 Å². The van der Waals surface area contributed by atoms with Gasteiger partial charge in [0.1, 0.15) is 0 Å². The molecule has 0 spiro atoms. The Labute approximate surface area is 275 Å². The highest BCUT2D eigenvalue weighted by Gasteiger charge is 2.36. The molecule has 1 aliphatic carbocycles. The number of aryl methyl sites for hydroxylation is 2. The number of carbonyl (C=O) groups is 1. The Morgan fingerprint density at radius 2 is 1.82 bits per heavy atom. The Morgan fingerprint density at radius 3 is 2.44 bits per heavy atom. The third-order valence-electron chi connectivity index (χ3n) is 10.3. The lowest BCUT2D eigenvalue weighted by molar-refractivity contribution is -0.138. The monoisotopic (exact) mass is 663 g/mol. The Hall–Kier alpha value is -1.87. The first-order chi connectivity index (χ1) is 21.1. The largest absolute Gasteiger partial charge is 0.484 e. The molecule has 1 saturated heterocycles. The molecule has 0 unspecified atom stereocenters. The maximum atomic E-state index is 13.0. The number of benzene rings is 2. The second-order valence-electron chi connectivity index (χ2n) is 14.4. The Morgan fingerprint density at radius 1 is 1.11 bits per heavy atom. The van der Waals surface area contributed by atoms with E-state index in [2.05, 4.69) is 42.4 Å². The first-order valence-electron chi connectivity index (χ1n) is 16.6. The molecule has 1 radical (unpaired) electrons. The number of rotatable bonds is 13. The van der Waals surface area contributed by atoms with Crippen LogP contribution in [0.1, 0.15) is 106 Å². The molecular formula is C36H51ClF3N2O2Si. The molecule has 0 amide bonds. The van der Waals surface area contributed by atoms with Gasteiger partial charge >= 0.3 is 15.1 Å². The zero-order valence-corrected chi connectivity index (χ0v) is 29.4. The molecule has 1 saturated carbocycles.